The van der Waals surface area contributed by atoms with Crippen molar-refractivity contribution in [2.75, 3.05) is 174 Å². The van der Waals surface area contributed by atoms with Gasteiger partial charge in [-0.05, 0) is 95.5 Å². The fourth-order valence-electron chi connectivity index (χ4n) is 19.8. The molecule has 6 atom stereocenters. The van der Waals surface area contributed by atoms with Gasteiger partial charge in [-0.1, -0.05) is 140 Å². The van der Waals surface area contributed by atoms with Crippen LogP contribution in [0.3, 0.4) is 0 Å². The van der Waals surface area contributed by atoms with Gasteiger partial charge in [0.05, 0.1) is 65.4 Å². The maximum absolute atomic E-state index is 13.9. The number of amides is 7. The highest BCUT2D eigenvalue weighted by atomic mass is 32.2. The molecule has 8 aromatic rings. The molecule has 0 unspecified atom stereocenters. The Bertz CT molecular complexity index is 5240. The number of hydrogen-bond acceptors (Lipinski definition) is 22. The fourth-order valence-corrected chi connectivity index (χ4v) is 23.6. The molecule has 12 aliphatic rings. The van der Waals surface area contributed by atoms with Gasteiger partial charge < -0.3 is 48.7 Å². The predicted molar refractivity (Wildman–Crippen MR) is 494 cm³/mol. The minimum Gasteiger partial charge on any atom is -0.448 e. The molecule has 27 nitrogen and oxygen atoms in total. The van der Waals surface area contributed by atoms with E-state index in [0.717, 1.165) is 176 Å². The third kappa shape index (κ3) is 18.9. The molecule has 10 fully saturated rings. The molecule has 126 heavy (non-hydrogen) atoms. The van der Waals surface area contributed by atoms with Crippen LogP contribution in [-0.2, 0) is 43.0 Å². The highest BCUT2D eigenvalue weighted by molar-refractivity contribution is 8.00. The van der Waals surface area contributed by atoms with Crippen LogP contribution in [0.15, 0.2) is 182 Å². The predicted octanol–water partition coefficient (Wildman–Crippen LogP) is 10.9. The van der Waals surface area contributed by atoms with Crippen LogP contribution in [0.2, 0.25) is 0 Å². The molecule has 20 rings (SSSR count). The molecule has 0 radical (unpaired) electrons. The topological polar surface area (TPSA) is 247 Å². The minimum atomic E-state index is -0.744. The second kappa shape index (κ2) is 39.4. The Labute approximate surface area is 753 Å². The molecular formula is C95H110N16O11S4. The number of carbonyl (C=O) groups excluding carboxylic acids is 9. The van der Waals surface area contributed by atoms with Crippen LogP contribution in [0.5, 0.6) is 0 Å². The molecular weight excluding hydrogens is 1670 g/mol. The van der Waals surface area contributed by atoms with E-state index in [-0.39, 0.29) is 110 Å². The highest BCUT2D eigenvalue weighted by Gasteiger charge is 2.48. The summed E-state index contributed by atoms with van der Waals surface area (Å²) in [7, 11) is 0. The van der Waals surface area contributed by atoms with Gasteiger partial charge in [-0.3, -0.25) is 53.2 Å². The number of aryl methyl sites for hydroxylation is 2. The van der Waals surface area contributed by atoms with Crippen LogP contribution in [0.25, 0.3) is 33.6 Å². The number of benzene rings is 6. The van der Waals surface area contributed by atoms with Crippen molar-refractivity contribution in [2.24, 2.45) is 0 Å². The lowest BCUT2D eigenvalue weighted by Gasteiger charge is -2.38. The summed E-state index contributed by atoms with van der Waals surface area (Å²) < 4.78 is 15.9. The molecule has 2 aliphatic carbocycles. The zero-order valence-corrected chi connectivity index (χ0v) is 75.3. The van der Waals surface area contributed by atoms with Gasteiger partial charge in [0.1, 0.15) is 43.0 Å². The van der Waals surface area contributed by atoms with Gasteiger partial charge in [0.25, 0.3) is 0 Å². The lowest BCUT2D eigenvalue weighted by Crippen LogP contribution is -2.51. The Balaban J connectivity index is 0.000000125. The summed E-state index contributed by atoms with van der Waals surface area (Å²) in [5.74, 6) is 8.72. The van der Waals surface area contributed by atoms with E-state index in [1.807, 2.05) is 88.9 Å². The number of para-hydroxylation sites is 2. The third-order valence-electron chi connectivity index (χ3n) is 26.3. The zero-order chi connectivity index (χ0) is 87.2. The van der Waals surface area contributed by atoms with E-state index in [9.17, 15) is 43.2 Å². The van der Waals surface area contributed by atoms with Crippen molar-refractivity contribution in [3.63, 3.8) is 0 Å². The van der Waals surface area contributed by atoms with Gasteiger partial charge >= 0.3 is 12.2 Å². The molecule has 2 aromatic heterocycles. The van der Waals surface area contributed by atoms with Crippen molar-refractivity contribution >= 4 is 112 Å². The van der Waals surface area contributed by atoms with E-state index in [1.165, 1.54) is 39.0 Å². The number of ketones is 2. The summed E-state index contributed by atoms with van der Waals surface area (Å²) >= 11 is 7.09. The number of nitrogens with zero attached hydrogens (tertiary/aromatic N) is 16. The van der Waals surface area contributed by atoms with Gasteiger partial charge in [0.15, 0.2) is 11.6 Å². The van der Waals surface area contributed by atoms with Crippen molar-refractivity contribution in [3.05, 3.63) is 216 Å². The quantitative estimate of drug-likeness (QED) is 0.0925. The molecule has 660 valence electrons. The number of thioether (sulfide) groups is 4. The van der Waals surface area contributed by atoms with Crippen molar-refractivity contribution in [2.45, 2.75) is 101 Å². The van der Waals surface area contributed by atoms with Gasteiger partial charge in [0, 0.05) is 183 Å². The fraction of sp³-hybridized carbons (Fsp3) is 0.442. The van der Waals surface area contributed by atoms with Crippen molar-refractivity contribution < 1.29 is 52.6 Å². The lowest BCUT2D eigenvalue weighted by atomic mass is 9.98. The first-order chi connectivity index (χ1) is 61.3. The van der Waals surface area contributed by atoms with Gasteiger partial charge in [0.2, 0.25) is 29.5 Å². The number of fused-ring (bicyclic) bond motifs is 6. The Hall–Kier alpha value is -10.6. The number of piperazine rings is 2. The van der Waals surface area contributed by atoms with E-state index >= 15 is 0 Å². The molecule has 7 amide bonds. The molecule has 0 spiro atoms. The van der Waals surface area contributed by atoms with E-state index in [2.05, 4.69) is 157 Å². The van der Waals surface area contributed by atoms with Crippen LogP contribution in [0.1, 0.15) is 85.0 Å². The van der Waals surface area contributed by atoms with E-state index in [4.69, 9.17) is 19.7 Å². The van der Waals surface area contributed by atoms with E-state index in [0.29, 0.717) is 43.2 Å². The number of rotatable bonds is 15. The Morgan fingerprint density at radius 3 is 1.13 bits per heavy atom. The molecule has 0 bridgehead atoms. The average Bonchev–Trinajstić information content (AvgIpc) is 1.62. The number of ether oxygens (including phenoxy) is 2. The normalized spacial score (nSPS) is 22.3. The Morgan fingerprint density at radius 1 is 0.397 bits per heavy atom. The second-order valence-corrected chi connectivity index (χ2v) is 38.4. The lowest BCUT2D eigenvalue weighted by molar-refractivity contribution is -0.141. The first-order valence-corrected chi connectivity index (χ1v) is 48.5. The van der Waals surface area contributed by atoms with Gasteiger partial charge in [-0.2, -0.15) is 10.2 Å². The number of carbonyl (C=O) groups is 9. The first-order valence-electron chi connectivity index (χ1n) is 43.9. The largest absolute Gasteiger partial charge is 0.448 e. The maximum Gasteiger partial charge on any atom is 0.410 e. The van der Waals surface area contributed by atoms with Crippen LogP contribution in [0.4, 0.5) is 21.2 Å². The Kier molecular flexibility index (Phi) is 27.3. The molecule has 31 heteroatoms. The molecule has 10 saturated heterocycles. The van der Waals surface area contributed by atoms with Crippen LogP contribution in [0, 0.1) is 13.8 Å². The number of aromatic nitrogens is 4. The standard InChI is InChI=1S/C37H40N6O3S.C25H34N6OS.C23H22N2O4S.C10H14N2O3S/c1-26-21-35(43(38-26)27-9-3-2-4-10-27)40-17-15-39(16-18-40)28-22-34(36(44)41-19-20-47-25-41)42(23-28)37(45)46-24-33-31-13-7-5-11-29(31)30-12-6-8-14-32(30)33;1-19-15-25(31(26-19)22-7-5-4-6-8-22)28-11-9-27(10-12-28)23-16-24(30(17-23)21(3)32)20(2)29-13-14-33-18-29;26-15-11-21(22(27)24-9-10-30-14-24)25(12-15)23(28)29-13-20-18-7-3-1-5-16(18)17-6-2-4-8-19(17)20;1-7(13)12-5-8(14)4-9(12)10(15)11-2-3-16-6-11/h2-14,21,28,33-34H,15-20,22-25H2,1H3;4-8,15,23-24H,2,9-14,16-18H2,1,3H3;1-8,20-21H,9-14H2;9H,2-6H2,1H3/t28-,34-;23-,24-;21-;9-/m0000/s1. The second-order valence-electron chi connectivity index (χ2n) is 34.1. The van der Waals surface area contributed by atoms with Gasteiger partial charge in [-0.15, -0.1) is 47.0 Å². The minimum absolute atomic E-state index is 0.0186. The summed E-state index contributed by atoms with van der Waals surface area (Å²) in [6.45, 7) is 23.8. The molecule has 0 saturated carbocycles. The molecule has 0 N–H and O–H groups in total. The summed E-state index contributed by atoms with van der Waals surface area (Å²) in [4.78, 5) is 137. The van der Waals surface area contributed by atoms with Crippen molar-refractivity contribution in [1.82, 2.24) is 68.6 Å². The maximum atomic E-state index is 13.9. The van der Waals surface area contributed by atoms with E-state index < -0.39 is 24.2 Å². The van der Waals surface area contributed by atoms with Crippen LogP contribution < -0.4 is 9.80 Å². The number of anilines is 2. The third-order valence-corrected chi connectivity index (χ3v) is 30.2. The molecule has 6 aromatic carbocycles. The first kappa shape index (κ1) is 87.5. The Morgan fingerprint density at radius 2 is 0.738 bits per heavy atom. The molecule has 12 heterocycles. The summed E-state index contributed by atoms with van der Waals surface area (Å²) in [6, 6.07) is 56.8. The smallest absolute Gasteiger partial charge is 0.410 e. The molecule has 10 aliphatic heterocycles. The number of likely N-dealkylation sites (tertiary alicyclic amines) is 4. The monoisotopic (exact) mass is 1780 g/mol. The van der Waals surface area contributed by atoms with E-state index in [1.54, 1.807) is 56.9 Å². The SMILES string of the molecule is C=C([C@@H]1C[C@H](N2CCN(c3cc(C)nn3-c3ccccc3)CC2)CN1C(C)=O)N1CCSC1.CC(=O)N1CC(=O)C[C@H]1C(=O)N1CCSC1.Cc1cc(N2CCN([C@H]3C[C@@H](C(=O)N4CCSC4)N(C(=O)OCC4c5ccccc5-c5ccccc54)C3)CC2)n(-c2ccccc2)n1.O=C1C[C@@H](C(=O)N2CCSC2)N(C(=O)OCC2c3ccccc3-c3ccccc32)C1. The average molecular weight is 1780 g/mol. The summed E-state index contributed by atoms with van der Waals surface area (Å²) in [5.41, 5.74) is 14.6. The van der Waals surface area contributed by atoms with Crippen LogP contribution >= 0.6 is 47.0 Å². The summed E-state index contributed by atoms with van der Waals surface area (Å²) in [5, 5.41) is 9.53. The van der Waals surface area contributed by atoms with Crippen molar-refractivity contribution in [3.8, 4) is 33.6 Å². The van der Waals surface area contributed by atoms with Crippen LogP contribution in [-0.4, -0.2) is 323 Å². The number of Topliss-reactive ketones (excluding diaryl/α,β-unsaturated/α-hetero) is 2. The van der Waals surface area contributed by atoms with Gasteiger partial charge in [-0.25, -0.2) is 19.0 Å². The summed E-state index contributed by atoms with van der Waals surface area (Å²) in [6.07, 6.45) is 0.892. The highest BCUT2D eigenvalue weighted by Crippen LogP contribution is 2.47. The zero-order valence-electron chi connectivity index (χ0n) is 72.0. The van der Waals surface area contributed by atoms with Crippen molar-refractivity contribution in [1.29, 1.82) is 0 Å². The number of hydrogen-bond donors (Lipinski definition) is 0.